The average molecular weight is 489 g/mol. The highest BCUT2D eigenvalue weighted by Crippen LogP contribution is 2.18. The summed E-state index contributed by atoms with van der Waals surface area (Å²) in [7, 11) is -3.59. The molecule has 8 heteroatoms. The first kappa shape index (κ1) is 23.3. The molecule has 0 saturated carbocycles. The summed E-state index contributed by atoms with van der Waals surface area (Å²) in [5.74, 6) is 0. The molecule has 2 rings (SSSR count). The molecule has 1 aromatic carbocycles. The van der Waals surface area contributed by atoms with Crippen LogP contribution in [0.5, 0.6) is 0 Å². The third-order valence-corrected chi connectivity index (χ3v) is 7.32. The Labute approximate surface area is 181 Å². The van der Waals surface area contributed by atoms with Crippen molar-refractivity contribution in [1.82, 2.24) is 10.2 Å². The highest BCUT2D eigenvalue weighted by atomic mass is 79.9. The van der Waals surface area contributed by atoms with Crippen molar-refractivity contribution in [3.8, 4) is 0 Å². The van der Waals surface area contributed by atoms with E-state index in [0.29, 0.717) is 0 Å². The molecular weight excluding hydrogens is 458 g/mol. The lowest BCUT2D eigenvalue weighted by atomic mass is 10.0. The minimum absolute atomic E-state index is 0.252. The number of aromatic nitrogens is 2. The first-order valence-corrected chi connectivity index (χ1v) is 13.5. The van der Waals surface area contributed by atoms with Gasteiger partial charge in [0.2, 0.25) is 5.13 Å². The summed E-state index contributed by atoms with van der Waals surface area (Å²) < 4.78 is 27.0. The molecule has 1 N–H and O–H groups in total. The number of alkyl halides is 1. The van der Waals surface area contributed by atoms with Crippen LogP contribution >= 0.6 is 27.3 Å². The van der Waals surface area contributed by atoms with Gasteiger partial charge >= 0.3 is 0 Å². The topological polar surface area (TPSA) is 72.0 Å². The summed E-state index contributed by atoms with van der Waals surface area (Å²) in [6, 6.07) is 7.13. The van der Waals surface area contributed by atoms with E-state index in [1.54, 1.807) is 12.1 Å². The lowest BCUT2D eigenvalue weighted by Crippen LogP contribution is -2.12. The maximum absolute atomic E-state index is 12.3. The molecule has 5 nitrogen and oxygen atoms in total. The van der Waals surface area contributed by atoms with Gasteiger partial charge in [-0.3, -0.25) is 4.72 Å². The van der Waals surface area contributed by atoms with E-state index in [1.807, 2.05) is 12.1 Å². The molecule has 1 heterocycles. The highest BCUT2D eigenvalue weighted by molar-refractivity contribution is 9.09. The number of aryl methyl sites for hydroxylation is 1. The number of hydrogen-bond acceptors (Lipinski definition) is 5. The van der Waals surface area contributed by atoms with E-state index in [-0.39, 0.29) is 10.0 Å². The third-order valence-electron chi connectivity index (χ3n) is 4.66. The molecule has 0 aliphatic rings. The molecule has 0 amide bonds. The maximum atomic E-state index is 12.3. The number of hydrogen-bond donors (Lipinski definition) is 1. The Morgan fingerprint density at radius 1 is 0.857 bits per heavy atom. The van der Waals surface area contributed by atoms with Crippen LogP contribution in [0.15, 0.2) is 34.7 Å². The standard InChI is InChI=1S/C20H30BrN3O2S2/c21-16-10-8-6-4-2-1-3-5-7-9-11-18-12-14-19(15-13-18)28(25,26)24-20-23-22-17-27-20/h12-15,17H,1-11,16H2,(H,23,24). The van der Waals surface area contributed by atoms with Gasteiger partial charge in [-0.15, -0.1) is 10.2 Å². The molecule has 28 heavy (non-hydrogen) atoms. The Balaban J connectivity index is 1.59. The predicted octanol–water partition coefficient (Wildman–Crippen LogP) is 6.18. The van der Waals surface area contributed by atoms with Gasteiger partial charge in [0.05, 0.1) is 4.90 Å². The predicted molar refractivity (Wildman–Crippen MR) is 121 cm³/mol. The van der Waals surface area contributed by atoms with E-state index in [9.17, 15) is 8.42 Å². The molecule has 0 saturated heterocycles. The molecule has 0 fully saturated rings. The van der Waals surface area contributed by atoms with Gasteiger partial charge in [0, 0.05) is 5.33 Å². The number of unbranched alkanes of at least 4 members (excludes halogenated alkanes) is 9. The Bertz CT molecular complexity index is 750. The minimum atomic E-state index is -3.59. The molecule has 0 spiro atoms. The van der Waals surface area contributed by atoms with Crippen molar-refractivity contribution in [3.63, 3.8) is 0 Å². The molecule has 0 atom stereocenters. The molecule has 0 aliphatic heterocycles. The Morgan fingerprint density at radius 3 is 1.96 bits per heavy atom. The summed E-state index contributed by atoms with van der Waals surface area (Å²) in [5.41, 5.74) is 2.68. The van der Waals surface area contributed by atoms with Crippen LogP contribution in [-0.2, 0) is 16.4 Å². The second-order valence-electron chi connectivity index (χ2n) is 6.97. The van der Waals surface area contributed by atoms with E-state index in [2.05, 4.69) is 30.8 Å². The van der Waals surface area contributed by atoms with Gasteiger partial charge in [-0.2, -0.15) is 0 Å². The number of rotatable bonds is 15. The van der Waals surface area contributed by atoms with Crippen molar-refractivity contribution in [2.24, 2.45) is 0 Å². The van der Waals surface area contributed by atoms with Crippen molar-refractivity contribution in [3.05, 3.63) is 35.3 Å². The van der Waals surface area contributed by atoms with E-state index < -0.39 is 10.0 Å². The second kappa shape index (κ2) is 13.3. The fourth-order valence-electron chi connectivity index (χ4n) is 3.06. The van der Waals surface area contributed by atoms with Gasteiger partial charge in [0.15, 0.2) is 0 Å². The van der Waals surface area contributed by atoms with Crippen LogP contribution in [0.4, 0.5) is 5.13 Å². The monoisotopic (exact) mass is 487 g/mol. The molecule has 2 aromatic rings. The average Bonchev–Trinajstić information content (AvgIpc) is 3.19. The zero-order valence-electron chi connectivity index (χ0n) is 16.3. The Kier molecular flexibility index (Phi) is 11.0. The molecule has 1 aromatic heterocycles. The maximum Gasteiger partial charge on any atom is 0.263 e. The van der Waals surface area contributed by atoms with Crippen molar-refractivity contribution in [1.29, 1.82) is 0 Å². The first-order chi connectivity index (χ1) is 13.6. The van der Waals surface area contributed by atoms with Crippen molar-refractivity contribution in [2.75, 3.05) is 10.1 Å². The summed E-state index contributed by atoms with van der Waals surface area (Å²) >= 11 is 4.63. The van der Waals surface area contributed by atoms with E-state index in [4.69, 9.17) is 0 Å². The van der Waals surface area contributed by atoms with Gasteiger partial charge in [-0.25, -0.2) is 8.42 Å². The van der Waals surface area contributed by atoms with Crippen molar-refractivity contribution >= 4 is 42.4 Å². The zero-order chi connectivity index (χ0) is 20.1. The number of anilines is 1. The lowest BCUT2D eigenvalue weighted by Gasteiger charge is -2.06. The first-order valence-electron chi connectivity index (χ1n) is 10.1. The number of nitrogens with zero attached hydrogens (tertiary/aromatic N) is 2. The summed E-state index contributed by atoms with van der Waals surface area (Å²) in [6.45, 7) is 0. The third kappa shape index (κ3) is 9.01. The fourth-order valence-corrected chi connectivity index (χ4v) is 5.15. The summed E-state index contributed by atoms with van der Waals surface area (Å²) in [5, 5.41) is 8.76. The SMILES string of the molecule is O=S(=O)(Nc1nncs1)c1ccc(CCCCCCCCCCCCBr)cc1. The van der Waals surface area contributed by atoms with Crippen LogP contribution in [0.3, 0.4) is 0 Å². The van der Waals surface area contributed by atoms with Crippen molar-refractivity contribution in [2.45, 2.75) is 75.5 Å². The van der Waals surface area contributed by atoms with E-state index in [0.717, 1.165) is 29.5 Å². The normalized spacial score (nSPS) is 11.6. The largest absolute Gasteiger partial charge is 0.263 e. The van der Waals surface area contributed by atoms with Crippen LogP contribution in [0, 0.1) is 0 Å². The Hall–Kier alpha value is -0.990. The Morgan fingerprint density at radius 2 is 1.43 bits per heavy atom. The van der Waals surface area contributed by atoms with Gasteiger partial charge in [-0.1, -0.05) is 90.8 Å². The van der Waals surface area contributed by atoms with Crippen LogP contribution in [-0.4, -0.2) is 23.9 Å². The zero-order valence-corrected chi connectivity index (χ0v) is 19.5. The second-order valence-corrected chi connectivity index (χ2v) is 10.3. The van der Waals surface area contributed by atoms with Gasteiger partial charge in [0.25, 0.3) is 10.0 Å². The lowest BCUT2D eigenvalue weighted by molar-refractivity contribution is 0.557. The van der Waals surface area contributed by atoms with Gasteiger partial charge in [-0.05, 0) is 37.0 Å². The molecule has 0 bridgehead atoms. The smallest absolute Gasteiger partial charge is 0.253 e. The molecule has 156 valence electrons. The summed E-state index contributed by atoms with van der Waals surface area (Å²) in [4.78, 5) is 0.252. The molecule has 0 radical (unpaired) electrons. The summed E-state index contributed by atoms with van der Waals surface area (Å²) in [6.07, 6.45) is 14.1. The number of sulfonamides is 1. The van der Waals surface area contributed by atoms with E-state index in [1.165, 1.54) is 68.9 Å². The number of halogens is 1. The highest BCUT2D eigenvalue weighted by Gasteiger charge is 2.15. The van der Waals surface area contributed by atoms with E-state index >= 15 is 0 Å². The molecule has 0 aliphatic carbocycles. The van der Waals surface area contributed by atoms with Crippen LogP contribution in [0.2, 0.25) is 0 Å². The minimum Gasteiger partial charge on any atom is -0.253 e. The number of benzene rings is 1. The quantitative estimate of drug-likeness (QED) is 0.240. The van der Waals surface area contributed by atoms with Gasteiger partial charge in [0.1, 0.15) is 5.51 Å². The van der Waals surface area contributed by atoms with Crippen LogP contribution in [0.25, 0.3) is 0 Å². The van der Waals surface area contributed by atoms with Crippen molar-refractivity contribution < 1.29 is 8.42 Å². The molecular formula is C20H30BrN3O2S2. The van der Waals surface area contributed by atoms with Gasteiger partial charge < -0.3 is 0 Å². The fraction of sp³-hybridized carbons (Fsp3) is 0.600. The van der Waals surface area contributed by atoms with Crippen LogP contribution < -0.4 is 4.72 Å². The van der Waals surface area contributed by atoms with Crippen LogP contribution in [0.1, 0.15) is 69.8 Å². The number of nitrogens with one attached hydrogen (secondary N) is 1. The molecule has 0 unspecified atom stereocenters.